The lowest BCUT2D eigenvalue weighted by atomic mass is 10.0. The van der Waals surface area contributed by atoms with Gasteiger partial charge >= 0.3 is 5.97 Å². The Hall–Kier alpha value is -3.05. The van der Waals surface area contributed by atoms with E-state index >= 15 is 0 Å². The molecule has 3 aromatic rings. The quantitative estimate of drug-likeness (QED) is 0.464. The molecular formula is C22H20ClNO4. The van der Waals surface area contributed by atoms with Gasteiger partial charge in [-0.25, -0.2) is 0 Å². The van der Waals surface area contributed by atoms with Crippen LogP contribution in [0.2, 0.25) is 5.02 Å². The average molecular weight is 398 g/mol. The molecule has 0 unspecified atom stereocenters. The lowest BCUT2D eigenvalue weighted by Crippen LogP contribution is -2.32. The van der Waals surface area contributed by atoms with Gasteiger partial charge in [0.2, 0.25) is 5.91 Å². The van der Waals surface area contributed by atoms with Gasteiger partial charge in [-0.1, -0.05) is 66.2 Å². The van der Waals surface area contributed by atoms with E-state index in [1.807, 2.05) is 42.5 Å². The summed E-state index contributed by atoms with van der Waals surface area (Å²) >= 11 is 5.97. The van der Waals surface area contributed by atoms with Crippen LogP contribution in [0, 0.1) is 0 Å². The number of para-hydroxylation sites is 1. The smallest absolute Gasteiger partial charge is 0.325 e. The average Bonchev–Trinajstić information content (AvgIpc) is 2.71. The van der Waals surface area contributed by atoms with Crippen molar-refractivity contribution in [1.29, 1.82) is 0 Å². The van der Waals surface area contributed by atoms with Gasteiger partial charge in [-0.15, -0.1) is 0 Å². The summed E-state index contributed by atoms with van der Waals surface area (Å²) in [6.45, 7) is 0.0678. The molecule has 0 saturated carbocycles. The normalized spacial score (nSPS) is 10.5. The molecule has 3 aromatic carbocycles. The minimum absolute atomic E-state index is 0.0727. The van der Waals surface area contributed by atoms with Crippen LogP contribution in [-0.2, 0) is 20.7 Å². The first-order valence-corrected chi connectivity index (χ1v) is 9.27. The molecule has 0 aliphatic rings. The van der Waals surface area contributed by atoms with Gasteiger partial charge in [0.05, 0.1) is 11.4 Å². The van der Waals surface area contributed by atoms with Crippen LogP contribution in [0.5, 0.6) is 5.75 Å². The third-order valence-electron chi connectivity index (χ3n) is 4.10. The van der Waals surface area contributed by atoms with Gasteiger partial charge in [-0.2, -0.15) is 0 Å². The fraction of sp³-hybridized carbons (Fsp3) is 0.182. The molecule has 144 valence electrons. The van der Waals surface area contributed by atoms with Gasteiger partial charge in [-0.05, 0) is 28.5 Å². The predicted molar refractivity (Wildman–Crippen MR) is 109 cm³/mol. The Balaban J connectivity index is 1.39. The maximum Gasteiger partial charge on any atom is 0.325 e. The number of esters is 1. The molecule has 0 bridgehead atoms. The van der Waals surface area contributed by atoms with Gasteiger partial charge in [0, 0.05) is 0 Å². The number of hydrogen-bond donors (Lipinski definition) is 1. The molecule has 6 heteroatoms. The van der Waals surface area contributed by atoms with Crippen molar-refractivity contribution in [3.8, 4) is 5.75 Å². The zero-order valence-electron chi connectivity index (χ0n) is 15.2. The van der Waals surface area contributed by atoms with Gasteiger partial charge in [-0.3, -0.25) is 9.59 Å². The highest BCUT2D eigenvalue weighted by Gasteiger charge is 2.10. The Morgan fingerprint density at radius 1 is 0.893 bits per heavy atom. The Morgan fingerprint density at radius 2 is 1.64 bits per heavy atom. The number of halogens is 1. The predicted octanol–water partition coefficient (Wildman–Crippen LogP) is 3.77. The first-order valence-electron chi connectivity index (χ1n) is 8.90. The summed E-state index contributed by atoms with van der Waals surface area (Å²) < 4.78 is 10.5. The maximum atomic E-state index is 12.2. The molecule has 1 amide bonds. The molecule has 5 nitrogen and oxygen atoms in total. The molecule has 3 rings (SSSR count). The number of carbonyl (C=O) groups excluding carboxylic acids is 2. The lowest BCUT2D eigenvalue weighted by molar-refractivity contribution is -0.144. The van der Waals surface area contributed by atoms with Crippen molar-refractivity contribution in [3.63, 3.8) is 0 Å². The standard InChI is InChI=1S/C22H20ClNO4/c23-19-10-3-4-11-20(19)27-12-13-28-22(26)15-24-21(25)14-17-8-5-7-16-6-1-2-9-18(16)17/h1-11H,12-15H2,(H,24,25). The number of benzene rings is 3. The van der Waals surface area contributed by atoms with Crippen molar-refractivity contribution in [2.24, 2.45) is 0 Å². The van der Waals surface area contributed by atoms with E-state index < -0.39 is 5.97 Å². The summed E-state index contributed by atoms with van der Waals surface area (Å²) in [6, 6.07) is 20.7. The number of rotatable bonds is 8. The zero-order valence-corrected chi connectivity index (χ0v) is 15.9. The lowest BCUT2D eigenvalue weighted by Gasteiger charge is -2.10. The number of nitrogens with one attached hydrogen (secondary N) is 1. The second-order valence-corrected chi connectivity index (χ2v) is 6.50. The van der Waals surface area contributed by atoms with Gasteiger partial charge < -0.3 is 14.8 Å². The minimum atomic E-state index is -0.519. The van der Waals surface area contributed by atoms with Crippen LogP contribution < -0.4 is 10.1 Å². The van der Waals surface area contributed by atoms with Crippen molar-refractivity contribution in [2.45, 2.75) is 6.42 Å². The third-order valence-corrected chi connectivity index (χ3v) is 4.41. The summed E-state index contributed by atoms with van der Waals surface area (Å²) in [5.41, 5.74) is 0.914. The Labute approximate surface area is 168 Å². The van der Waals surface area contributed by atoms with Gasteiger partial charge in [0.15, 0.2) is 0 Å². The van der Waals surface area contributed by atoms with Crippen LogP contribution in [0.1, 0.15) is 5.56 Å². The van der Waals surface area contributed by atoms with Crippen LogP contribution in [-0.4, -0.2) is 31.6 Å². The number of ether oxygens (including phenoxy) is 2. The largest absolute Gasteiger partial charge is 0.488 e. The summed E-state index contributed by atoms with van der Waals surface area (Å²) in [6.07, 6.45) is 0.199. The molecule has 0 aliphatic heterocycles. The molecule has 0 radical (unpaired) electrons. The molecule has 0 fully saturated rings. The summed E-state index contributed by atoms with van der Waals surface area (Å²) in [7, 11) is 0. The highest BCUT2D eigenvalue weighted by atomic mass is 35.5. The number of hydrogen-bond acceptors (Lipinski definition) is 4. The molecule has 0 aliphatic carbocycles. The van der Waals surface area contributed by atoms with Gasteiger partial charge in [0.25, 0.3) is 0 Å². The van der Waals surface area contributed by atoms with E-state index in [1.54, 1.807) is 24.3 Å². The number of fused-ring (bicyclic) bond motifs is 1. The number of carbonyl (C=O) groups is 2. The van der Waals surface area contributed by atoms with E-state index in [4.69, 9.17) is 21.1 Å². The summed E-state index contributed by atoms with van der Waals surface area (Å²) in [5.74, 6) is -0.224. The minimum Gasteiger partial charge on any atom is -0.488 e. The number of amides is 1. The molecule has 0 heterocycles. The highest BCUT2D eigenvalue weighted by Crippen LogP contribution is 2.22. The van der Waals surface area contributed by atoms with E-state index in [0.29, 0.717) is 10.8 Å². The zero-order chi connectivity index (χ0) is 19.8. The fourth-order valence-corrected chi connectivity index (χ4v) is 2.96. The Kier molecular flexibility index (Phi) is 6.87. The van der Waals surface area contributed by atoms with Crippen molar-refractivity contribution >= 4 is 34.2 Å². The van der Waals surface area contributed by atoms with Crippen LogP contribution in [0.3, 0.4) is 0 Å². The Bertz CT molecular complexity index is 968. The molecular weight excluding hydrogens is 378 g/mol. The van der Waals surface area contributed by atoms with E-state index in [2.05, 4.69) is 5.32 Å². The SMILES string of the molecule is O=C(Cc1cccc2ccccc12)NCC(=O)OCCOc1ccccc1Cl. The fourth-order valence-electron chi connectivity index (χ4n) is 2.77. The van der Waals surface area contributed by atoms with Crippen molar-refractivity contribution < 1.29 is 19.1 Å². The first-order chi connectivity index (χ1) is 13.6. The van der Waals surface area contributed by atoms with Crippen molar-refractivity contribution in [3.05, 3.63) is 77.3 Å². The topological polar surface area (TPSA) is 64.6 Å². The summed E-state index contributed by atoms with van der Waals surface area (Å²) in [4.78, 5) is 23.9. The molecule has 0 saturated heterocycles. The molecule has 1 N–H and O–H groups in total. The second kappa shape index (κ2) is 9.76. The maximum absolute atomic E-state index is 12.2. The monoisotopic (exact) mass is 397 g/mol. The van der Waals surface area contributed by atoms with Crippen LogP contribution in [0.25, 0.3) is 10.8 Å². The van der Waals surface area contributed by atoms with Crippen LogP contribution in [0.15, 0.2) is 66.7 Å². The van der Waals surface area contributed by atoms with E-state index in [0.717, 1.165) is 16.3 Å². The highest BCUT2D eigenvalue weighted by molar-refractivity contribution is 6.32. The van der Waals surface area contributed by atoms with Gasteiger partial charge in [0.1, 0.15) is 25.5 Å². The van der Waals surface area contributed by atoms with Crippen molar-refractivity contribution in [2.75, 3.05) is 19.8 Å². The third kappa shape index (κ3) is 5.47. The van der Waals surface area contributed by atoms with E-state index in [1.165, 1.54) is 0 Å². The molecule has 0 spiro atoms. The second-order valence-electron chi connectivity index (χ2n) is 6.09. The molecule has 0 aromatic heterocycles. The first kappa shape index (κ1) is 19.7. The summed E-state index contributed by atoms with van der Waals surface area (Å²) in [5, 5.41) is 5.18. The molecule has 0 atom stereocenters. The van der Waals surface area contributed by atoms with E-state index in [9.17, 15) is 9.59 Å². The van der Waals surface area contributed by atoms with Crippen LogP contribution >= 0.6 is 11.6 Å². The van der Waals surface area contributed by atoms with E-state index in [-0.39, 0.29) is 32.1 Å². The van der Waals surface area contributed by atoms with Crippen LogP contribution in [0.4, 0.5) is 0 Å². The molecule has 28 heavy (non-hydrogen) atoms. The van der Waals surface area contributed by atoms with Crippen molar-refractivity contribution in [1.82, 2.24) is 5.32 Å². The Morgan fingerprint density at radius 3 is 2.50 bits per heavy atom.